The first-order valence-corrected chi connectivity index (χ1v) is 17.9. The molecular weight excluding hydrogens is 610 g/mol. The Morgan fingerprint density at radius 3 is 2.22 bits per heavy atom. The highest BCUT2D eigenvalue weighted by Gasteiger charge is 2.21. The molecule has 8 heteroatoms. The predicted octanol–water partition coefficient (Wildman–Crippen LogP) is 8.37. The van der Waals surface area contributed by atoms with Gasteiger partial charge < -0.3 is 20.5 Å². The van der Waals surface area contributed by atoms with Gasteiger partial charge in [0.05, 0.1) is 19.3 Å². The summed E-state index contributed by atoms with van der Waals surface area (Å²) in [6.07, 6.45) is 11.7. The maximum Gasteiger partial charge on any atom is 0.247 e. The van der Waals surface area contributed by atoms with E-state index in [1.165, 1.54) is 0 Å². The number of amides is 1. The number of nitrogens with zero attached hydrogens (tertiary/aromatic N) is 3. The zero-order chi connectivity index (χ0) is 34.0. The van der Waals surface area contributed by atoms with Gasteiger partial charge in [0.1, 0.15) is 23.8 Å². The second-order valence-corrected chi connectivity index (χ2v) is 13.5. The number of benzene rings is 4. The molecule has 1 atom stereocenters. The lowest BCUT2D eigenvalue weighted by atomic mass is 9.92. The third kappa shape index (κ3) is 8.67. The average molecular weight is 660 g/mol. The maximum absolute atomic E-state index is 13.1. The molecule has 0 unspecified atom stereocenters. The number of nitrogens with two attached hydrogens (primary N) is 1. The Balaban J connectivity index is 1.26. The molecule has 5 aromatic rings. The minimum absolute atomic E-state index is 0.0333. The fraction of sp³-hybridized carbons (Fsp3) is 0.390. The molecule has 0 spiro atoms. The van der Waals surface area contributed by atoms with Crippen molar-refractivity contribution >= 4 is 27.5 Å². The average Bonchev–Trinajstić information content (AvgIpc) is 3.57. The van der Waals surface area contributed by atoms with Gasteiger partial charge in [-0.25, -0.2) is 0 Å². The molecule has 0 radical (unpaired) electrons. The summed E-state index contributed by atoms with van der Waals surface area (Å²) in [5.74, 6) is 2.18. The lowest BCUT2D eigenvalue weighted by Gasteiger charge is -2.21. The molecule has 0 fully saturated rings. The minimum atomic E-state index is -0.0649. The van der Waals surface area contributed by atoms with Crippen LogP contribution in [0.15, 0.2) is 90.6 Å². The zero-order valence-corrected chi connectivity index (χ0v) is 28.9. The van der Waals surface area contributed by atoms with Crippen LogP contribution in [0.25, 0.3) is 32.7 Å². The van der Waals surface area contributed by atoms with E-state index in [2.05, 4.69) is 102 Å². The summed E-state index contributed by atoms with van der Waals surface area (Å²) in [4.78, 5) is 13.1. The largest absolute Gasteiger partial charge is 0.493 e. The fourth-order valence-electron chi connectivity index (χ4n) is 6.60. The number of unbranched alkanes of at least 4 members (excludes halogenated alkanes) is 1. The molecule has 8 nitrogen and oxygen atoms in total. The summed E-state index contributed by atoms with van der Waals surface area (Å²) in [6, 6.07) is 25.1. The first-order chi connectivity index (χ1) is 24.0. The Labute approximate surface area is 289 Å². The molecule has 1 aliphatic rings. The first kappa shape index (κ1) is 34.2. The van der Waals surface area contributed by atoms with Gasteiger partial charge >= 0.3 is 0 Å². The third-order valence-corrected chi connectivity index (χ3v) is 9.28. The van der Waals surface area contributed by atoms with Gasteiger partial charge in [-0.05, 0) is 91.1 Å². The van der Waals surface area contributed by atoms with Crippen molar-refractivity contribution in [2.45, 2.75) is 84.4 Å². The van der Waals surface area contributed by atoms with Gasteiger partial charge in [-0.15, -0.1) is 5.10 Å². The highest BCUT2D eigenvalue weighted by molar-refractivity contribution is 6.09. The van der Waals surface area contributed by atoms with Crippen LogP contribution in [0.3, 0.4) is 0 Å². The predicted molar refractivity (Wildman–Crippen MR) is 198 cm³/mol. The molecule has 256 valence electrons. The van der Waals surface area contributed by atoms with Crippen LogP contribution < -0.4 is 20.5 Å². The van der Waals surface area contributed by atoms with Crippen LogP contribution in [0.1, 0.15) is 70.9 Å². The second kappa shape index (κ2) is 16.6. The number of rotatable bonds is 16. The van der Waals surface area contributed by atoms with Crippen molar-refractivity contribution in [2.24, 2.45) is 11.7 Å². The highest BCUT2D eigenvalue weighted by Crippen LogP contribution is 2.45. The third-order valence-electron chi connectivity index (χ3n) is 9.28. The van der Waals surface area contributed by atoms with Crippen LogP contribution in [0, 0.1) is 5.92 Å². The van der Waals surface area contributed by atoms with Crippen molar-refractivity contribution in [1.29, 1.82) is 0 Å². The number of allylic oxidation sites excluding steroid dienone is 1. The molecule has 3 N–H and O–H groups in total. The molecule has 0 saturated carbocycles. The van der Waals surface area contributed by atoms with E-state index in [-0.39, 0.29) is 18.6 Å². The van der Waals surface area contributed by atoms with Gasteiger partial charge in [-0.1, -0.05) is 92.2 Å². The van der Waals surface area contributed by atoms with Gasteiger partial charge in [0.15, 0.2) is 0 Å². The van der Waals surface area contributed by atoms with E-state index in [4.69, 9.17) is 15.2 Å². The molecule has 1 aromatic heterocycles. The van der Waals surface area contributed by atoms with Gasteiger partial charge in [0.2, 0.25) is 5.91 Å². The number of carbonyl (C=O) groups excluding carboxylic acids is 1. The molecule has 4 aromatic carbocycles. The van der Waals surface area contributed by atoms with Gasteiger partial charge in [-0.3, -0.25) is 9.48 Å². The van der Waals surface area contributed by atoms with Crippen molar-refractivity contribution in [3.8, 4) is 22.6 Å². The fourth-order valence-corrected chi connectivity index (χ4v) is 6.60. The lowest BCUT2D eigenvalue weighted by Crippen LogP contribution is -2.39. The number of hydrogen-bond donors (Lipinski definition) is 2. The number of nitrogens with one attached hydrogen (secondary N) is 1. The van der Waals surface area contributed by atoms with E-state index in [9.17, 15) is 4.79 Å². The SMILES string of the molecule is CC(C)CCOc1ccc2ccccc2c1-c1c(OCc2cn(C[C@@H](CCCCN)NC(=O)C3=CCCCC3)nn2)ccc2ccccc12. The Bertz CT molecular complexity index is 1900. The molecule has 49 heavy (non-hydrogen) atoms. The van der Waals surface area contributed by atoms with E-state index in [0.29, 0.717) is 31.3 Å². The zero-order valence-electron chi connectivity index (χ0n) is 28.9. The van der Waals surface area contributed by atoms with Crippen molar-refractivity contribution in [3.63, 3.8) is 0 Å². The van der Waals surface area contributed by atoms with Crippen LogP contribution in [0.2, 0.25) is 0 Å². The molecule has 1 amide bonds. The topological polar surface area (TPSA) is 104 Å². The van der Waals surface area contributed by atoms with E-state index in [1.807, 2.05) is 16.9 Å². The quantitative estimate of drug-likeness (QED) is 0.103. The first-order valence-electron chi connectivity index (χ1n) is 17.9. The lowest BCUT2D eigenvalue weighted by molar-refractivity contribution is -0.118. The smallest absolute Gasteiger partial charge is 0.247 e. The van der Waals surface area contributed by atoms with Crippen molar-refractivity contribution in [1.82, 2.24) is 20.3 Å². The van der Waals surface area contributed by atoms with E-state index < -0.39 is 0 Å². The van der Waals surface area contributed by atoms with Crippen molar-refractivity contribution in [2.75, 3.05) is 13.2 Å². The van der Waals surface area contributed by atoms with Crippen LogP contribution in [-0.2, 0) is 17.9 Å². The molecule has 1 aliphatic carbocycles. The number of aromatic nitrogens is 3. The van der Waals surface area contributed by atoms with Crippen molar-refractivity contribution in [3.05, 3.63) is 96.3 Å². The molecular formula is C41H49N5O3. The van der Waals surface area contributed by atoms with E-state index >= 15 is 0 Å². The van der Waals surface area contributed by atoms with E-state index in [1.54, 1.807) is 0 Å². The Kier molecular flexibility index (Phi) is 11.6. The van der Waals surface area contributed by atoms with E-state index in [0.717, 1.165) is 101 Å². The number of hydrogen-bond acceptors (Lipinski definition) is 6. The summed E-state index contributed by atoms with van der Waals surface area (Å²) >= 11 is 0. The second-order valence-electron chi connectivity index (χ2n) is 13.5. The standard InChI is InChI=1S/C41H49N5O3/c1-29(2)23-25-48-37-21-19-30-12-6-8-17-35(30)39(37)40-36-18-9-7-13-31(36)20-22-38(40)49-28-34-27-46(45-44-34)26-33(16-10-11-24-42)43-41(47)32-14-4-3-5-15-32/h6-9,12-14,17-22,27,29,33H,3-5,10-11,15-16,23-26,28,42H2,1-2H3,(H,43,47)/t33-/m1/s1. The number of ether oxygens (including phenoxy) is 2. The van der Waals surface area contributed by atoms with Crippen LogP contribution in [0.4, 0.5) is 0 Å². The van der Waals surface area contributed by atoms with Gasteiger partial charge in [0.25, 0.3) is 0 Å². The monoisotopic (exact) mass is 659 g/mol. The van der Waals surface area contributed by atoms with Crippen molar-refractivity contribution < 1.29 is 14.3 Å². The van der Waals surface area contributed by atoms with Crippen LogP contribution in [0.5, 0.6) is 11.5 Å². The summed E-state index contributed by atoms with van der Waals surface area (Å²) in [6.45, 7) is 6.48. The molecule has 0 saturated heterocycles. The molecule has 0 aliphatic heterocycles. The Morgan fingerprint density at radius 2 is 1.57 bits per heavy atom. The Hall–Kier alpha value is -4.69. The van der Waals surface area contributed by atoms with Gasteiger partial charge in [-0.2, -0.15) is 0 Å². The summed E-state index contributed by atoms with van der Waals surface area (Å²) in [5.41, 5.74) is 9.41. The molecule has 6 rings (SSSR count). The Morgan fingerprint density at radius 1 is 0.878 bits per heavy atom. The van der Waals surface area contributed by atoms with Crippen LogP contribution >= 0.6 is 0 Å². The molecule has 1 heterocycles. The normalized spacial score (nSPS) is 13.8. The number of carbonyl (C=O) groups is 1. The van der Waals surface area contributed by atoms with Crippen LogP contribution in [-0.4, -0.2) is 40.1 Å². The summed E-state index contributed by atoms with van der Waals surface area (Å²) in [5, 5.41) is 16.6. The summed E-state index contributed by atoms with van der Waals surface area (Å²) in [7, 11) is 0. The molecule has 0 bridgehead atoms. The van der Waals surface area contributed by atoms with Gasteiger partial charge in [0, 0.05) is 22.7 Å². The number of fused-ring (bicyclic) bond motifs is 2. The maximum atomic E-state index is 13.1. The summed E-state index contributed by atoms with van der Waals surface area (Å²) < 4.78 is 14.9. The highest BCUT2D eigenvalue weighted by atomic mass is 16.5. The minimum Gasteiger partial charge on any atom is -0.493 e.